The smallest absolute Gasteiger partial charge is 0.234 e. The molecule has 0 saturated heterocycles. The maximum atomic E-state index is 11.9. The van der Waals surface area contributed by atoms with Crippen molar-refractivity contribution in [3.63, 3.8) is 0 Å². The summed E-state index contributed by atoms with van der Waals surface area (Å²) >= 11 is 8.90. The molecule has 0 saturated carbocycles. The predicted molar refractivity (Wildman–Crippen MR) is 95.8 cm³/mol. The van der Waals surface area contributed by atoms with Crippen molar-refractivity contribution in [3.8, 4) is 0 Å². The van der Waals surface area contributed by atoms with Gasteiger partial charge in [-0.1, -0.05) is 36.1 Å². The Hall–Kier alpha value is -0.340. The van der Waals surface area contributed by atoms with E-state index < -0.39 is 0 Å². The van der Waals surface area contributed by atoms with E-state index in [9.17, 15) is 4.79 Å². The van der Waals surface area contributed by atoms with Crippen LogP contribution in [0.15, 0.2) is 24.3 Å². The van der Waals surface area contributed by atoms with E-state index in [2.05, 4.69) is 46.7 Å². The number of nitrogens with one attached hydrogen (secondary N) is 1. The first kappa shape index (κ1) is 16.7. The summed E-state index contributed by atoms with van der Waals surface area (Å²) in [4.78, 5) is 13.9. The molecule has 0 spiro atoms. The maximum Gasteiger partial charge on any atom is 0.234 e. The van der Waals surface area contributed by atoms with Gasteiger partial charge in [-0.3, -0.25) is 4.79 Å². The molecule has 1 N–H and O–H groups in total. The molecule has 6 heteroatoms. The first-order valence-corrected chi connectivity index (χ1v) is 8.51. The second-order valence-corrected chi connectivity index (χ2v) is 6.53. The highest BCUT2D eigenvalue weighted by atomic mass is 127. The molecule has 104 valence electrons. The molecule has 0 aliphatic rings. The Labute approximate surface area is 137 Å². The quantitative estimate of drug-likeness (QED) is 0.596. The summed E-state index contributed by atoms with van der Waals surface area (Å²) in [6.45, 7) is 5.87. The Morgan fingerprint density at radius 3 is 2.58 bits per heavy atom. The lowest BCUT2D eigenvalue weighted by atomic mass is 10.3. The number of anilines is 1. The molecule has 0 bridgehead atoms. The summed E-state index contributed by atoms with van der Waals surface area (Å²) in [6, 6.07) is 7.71. The lowest BCUT2D eigenvalue weighted by Gasteiger charge is -2.20. The van der Waals surface area contributed by atoms with Crippen molar-refractivity contribution in [1.29, 1.82) is 0 Å². The van der Waals surface area contributed by atoms with Crippen LogP contribution in [0.25, 0.3) is 0 Å². The monoisotopic (exact) mass is 408 g/mol. The molecule has 0 heterocycles. The van der Waals surface area contributed by atoms with Crippen molar-refractivity contribution in [2.75, 3.05) is 24.2 Å². The first-order valence-electron chi connectivity index (χ1n) is 6.04. The molecule has 0 radical (unpaired) electrons. The predicted octanol–water partition coefficient (Wildman–Crippen LogP) is 3.59. The summed E-state index contributed by atoms with van der Waals surface area (Å²) in [5, 5.41) is 2.90. The van der Waals surface area contributed by atoms with Crippen LogP contribution in [0.4, 0.5) is 5.69 Å². The number of thiocarbonyl (C=S) groups is 1. The second-order valence-electron chi connectivity index (χ2n) is 3.75. The Morgan fingerprint density at radius 1 is 1.37 bits per heavy atom. The zero-order chi connectivity index (χ0) is 14.3. The largest absolute Gasteiger partial charge is 0.358 e. The first-order chi connectivity index (χ1) is 9.08. The molecule has 0 unspecified atom stereocenters. The van der Waals surface area contributed by atoms with Crippen molar-refractivity contribution in [2.45, 2.75) is 13.8 Å². The fourth-order valence-electron chi connectivity index (χ4n) is 1.45. The summed E-state index contributed by atoms with van der Waals surface area (Å²) < 4.78 is 1.81. The average molecular weight is 408 g/mol. The molecule has 3 nitrogen and oxygen atoms in total. The molecule has 1 rings (SSSR count). The summed E-state index contributed by atoms with van der Waals surface area (Å²) in [5.41, 5.74) is 0.849. The van der Waals surface area contributed by atoms with Crippen LogP contribution in [0.2, 0.25) is 0 Å². The number of carbonyl (C=O) groups is 1. The van der Waals surface area contributed by atoms with E-state index in [1.165, 1.54) is 11.8 Å². The van der Waals surface area contributed by atoms with Gasteiger partial charge >= 0.3 is 0 Å². The Bertz CT molecular complexity index is 450. The number of carbonyl (C=O) groups excluding carboxylic acids is 1. The van der Waals surface area contributed by atoms with E-state index in [-0.39, 0.29) is 5.91 Å². The van der Waals surface area contributed by atoms with Gasteiger partial charge in [0.15, 0.2) is 0 Å². The Balaban J connectivity index is 2.44. The number of para-hydroxylation sites is 1. The number of nitrogens with zero attached hydrogens (tertiary/aromatic N) is 1. The standard InChI is InChI=1S/C13H17IN2OS2/c1-3-16(4-2)13(18)19-9-12(17)15-11-8-6-5-7-10(11)14/h5-8H,3-4,9H2,1-2H3,(H,15,17). The van der Waals surface area contributed by atoms with Gasteiger partial charge < -0.3 is 10.2 Å². The molecule has 0 aliphatic carbocycles. The van der Waals surface area contributed by atoms with E-state index in [0.29, 0.717) is 5.75 Å². The van der Waals surface area contributed by atoms with E-state index in [1.807, 2.05) is 24.3 Å². The second kappa shape index (κ2) is 8.76. The third kappa shape index (κ3) is 5.66. The SMILES string of the molecule is CCN(CC)C(=S)SCC(=O)Nc1ccccc1I. The van der Waals surface area contributed by atoms with Crippen LogP contribution in [0.5, 0.6) is 0 Å². The molecular weight excluding hydrogens is 391 g/mol. The highest BCUT2D eigenvalue weighted by Gasteiger charge is 2.10. The number of amides is 1. The number of benzene rings is 1. The minimum Gasteiger partial charge on any atom is -0.358 e. The molecule has 1 amide bonds. The summed E-state index contributed by atoms with van der Waals surface area (Å²) in [6.07, 6.45) is 0. The number of hydrogen-bond acceptors (Lipinski definition) is 3. The van der Waals surface area contributed by atoms with Crippen LogP contribution < -0.4 is 5.32 Å². The number of rotatable bonds is 5. The highest BCUT2D eigenvalue weighted by molar-refractivity contribution is 14.1. The number of hydrogen-bond donors (Lipinski definition) is 1. The molecule has 1 aromatic rings. The van der Waals surface area contributed by atoms with Crippen molar-refractivity contribution < 1.29 is 4.79 Å². The zero-order valence-electron chi connectivity index (χ0n) is 11.0. The topological polar surface area (TPSA) is 32.3 Å². The van der Waals surface area contributed by atoms with Gasteiger partial charge in [0, 0.05) is 16.7 Å². The lowest BCUT2D eigenvalue weighted by molar-refractivity contribution is -0.113. The van der Waals surface area contributed by atoms with Crippen LogP contribution >= 0.6 is 46.6 Å². The molecule has 1 aromatic carbocycles. The van der Waals surface area contributed by atoms with Crippen LogP contribution in [0, 0.1) is 3.57 Å². The van der Waals surface area contributed by atoms with E-state index >= 15 is 0 Å². The lowest BCUT2D eigenvalue weighted by Crippen LogP contribution is -2.28. The van der Waals surface area contributed by atoms with Crippen LogP contribution in [-0.2, 0) is 4.79 Å². The average Bonchev–Trinajstić information content (AvgIpc) is 2.40. The number of halogens is 1. The molecule has 0 aliphatic heterocycles. The van der Waals surface area contributed by atoms with Crippen LogP contribution in [0.3, 0.4) is 0 Å². The van der Waals surface area contributed by atoms with Crippen molar-refractivity contribution in [1.82, 2.24) is 4.90 Å². The Morgan fingerprint density at radius 2 is 2.00 bits per heavy atom. The summed E-state index contributed by atoms with van der Waals surface area (Å²) in [5.74, 6) is 0.323. The van der Waals surface area contributed by atoms with Crippen molar-refractivity contribution in [2.24, 2.45) is 0 Å². The van der Waals surface area contributed by atoms with Crippen molar-refractivity contribution >= 4 is 62.5 Å². The molecule has 0 fully saturated rings. The molecular formula is C13H17IN2OS2. The summed E-state index contributed by atoms with van der Waals surface area (Å²) in [7, 11) is 0. The minimum atomic E-state index is -0.0244. The zero-order valence-corrected chi connectivity index (χ0v) is 14.8. The van der Waals surface area contributed by atoms with Gasteiger partial charge in [0.25, 0.3) is 0 Å². The Kier molecular flexibility index (Phi) is 7.70. The van der Waals surface area contributed by atoms with Gasteiger partial charge in [-0.2, -0.15) is 0 Å². The van der Waals surface area contributed by atoms with Gasteiger partial charge in [-0.15, -0.1) is 0 Å². The van der Waals surface area contributed by atoms with Crippen LogP contribution in [-0.4, -0.2) is 34.0 Å². The highest BCUT2D eigenvalue weighted by Crippen LogP contribution is 2.17. The van der Waals surface area contributed by atoms with E-state index in [1.54, 1.807) is 0 Å². The normalized spacial score (nSPS) is 10.1. The maximum absolute atomic E-state index is 11.9. The molecule has 0 atom stereocenters. The third-order valence-electron chi connectivity index (χ3n) is 2.50. The third-order valence-corrected chi connectivity index (χ3v) is 4.96. The van der Waals surface area contributed by atoms with Gasteiger partial charge in [0.2, 0.25) is 5.91 Å². The van der Waals surface area contributed by atoms with E-state index in [0.717, 1.165) is 26.7 Å². The van der Waals surface area contributed by atoms with Gasteiger partial charge in [0.1, 0.15) is 4.32 Å². The molecule has 0 aromatic heterocycles. The van der Waals surface area contributed by atoms with Crippen LogP contribution in [0.1, 0.15) is 13.8 Å². The number of thioether (sulfide) groups is 1. The fraction of sp³-hybridized carbons (Fsp3) is 0.385. The molecule has 19 heavy (non-hydrogen) atoms. The van der Waals surface area contributed by atoms with Gasteiger partial charge in [-0.05, 0) is 48.6 Å². The van der Waals surface area contributed by atoms with Crippen molar-refractivity contribution in [3.05, 3.63) is 27.8 Å². The fourth-order valence-corrected chi connectivity index (χ4v) is 3.17. The van der Waals surface area contributed by atoms with E-state index in [4.69, 9.17) is 12.2 Å². The van der Waals surface area contributed by atoms with Gasteiger partial charge in [-0.25, -0.2) is 0 Å². The van der Waals surface area contributed by atoms with Gasteiger partial charge in [0.05, 0.1) is 11.4 Å². The minimum absolute atomic E-state index is 0.0244.